The van der Waals surface area contributed by atoms with Gasteiger partial charge in [0.05, 0.1) is 0 Å². The monoisotopic (exact) mass is 409 g/mol. The molecule has 1 atom stereocenters. The van der Waals surface area contributed by atoms with Gasteiger partial charge in [-0.25, -0.2) is 0 Å². The van der Waals surface area contributed by atoms with Crippen molar-refractivity contribution < 1.29 is 19.4 Å². The van der Waals surface area contributed by atoms with E-state index in [1.54, 1.807) is 6.07 Å². The normalized spacial score (nSPS) is 20.3. The fraction of sp³-hybridized carbons (Fsp3) is 0.480. The smallest absolute Gasteiger partial charge is 0.175 e. The van der Waals surface area contributed by atoms with E-state index in [0.29, 0.717) is 5.75 Å². The first kappa shape index (κ1) is 20.7. The molecule has 160 valence electrons. The molecule has 2 N–H and O–H groups in total. The van der Waals surface area contributed by atoms with E-state index >= 15 is 0 Å². The molecule has 2 aromatic carbocycles. The summed E-state index contributed by atoms with van der Waals surface area (Å²) in [5.74, 6) is 1.95. The summed E-state index contributed by atoms with van der Waals surface area (Å²) in [7, 11) is 0. The molecule has 0 saturated carbocycles. The summed E-state index contributed by atoms with van der Waals surface area (Å²) in [5, 5.41) is 13.5. The Labute approximate surface area is 178 Å². The van der Waals surface area contributed by atoms with Gasteiger partial charge < -0.3 is 19.9 Å². The first-order valence-corrected chi connectivity index (χ1v) is 10.7. The molecule has 2 aliphatic heterocycles. The zero-order valence-corrected chi connectivity index (χ0v) is 18.0. The van der Waals surface area contributed by atoms with Gasteiger partial charge in [-0.2, -0.15) is 0 Å². The Kier molecular flexibility index (Phi) is 5.49. The predicted molar refractivity (Wildman–Crippen MR) is 116 cm³/mol. The summed E-state index contributed by atoms with van der Waals surface area (Å²) in [6, 6.07) is 13.4. The van der Waals surface area contributed by atoms with Crippen molar-refractivity contribution in [3.8, 4) is 17.2 Å². The molecule has 0 aliphatic carbocycles. The molecule has 1 spiro atoms. The number of hydrogen-bond donors (Lipinski definition) is 2. The van der Waals surface area contributed by atoms with Crippen LogP contribution in [0.25, 0.3) is 0 Å². The van der Waals surface area contributed by atoms with Crippen molar-refractivity contribution >= 4 is 5.78 Å². The van der Waals surface area contributed by atoms with Gasteiger partial charge in [0.15, 0.2) is 5.78 Å². The van der Waals surface area contributed by atoms with Crippen LogP contribution in [0.5, 0.6) is 17.2 Å². The third-order valence-corrected chi connectivity index (χ3v) is 6.26. The maximum atomic E-state index is 12.3. The van der Waals surface area contributed by atoms with Crippen LogP contribution in [-0.4, -0.2) is 36.2 Å². The van der Waals surface area contributed by atoms with Gasteiger partial charge >= 0.3 is 0 Å². The van der Waals surface area contributed by atoms with Gasteiger partial charge in [0.2, 0.25) is 0 Å². The van der Waals surface area contributed by atoms with Crippen LogP contribution >= 0.6 is 0 Å². The number of piperidine rings is 1. The zero-order valence-electron chi connectivity index (χ0n) is 18.0. The lowest BCUT2D eigenvalue weighted by molar-refractivity contribution is -0.128. The molecule has 4 rings (SSSR count). The van der Waals surface area contributed by atoms with E-state index in [4.69, 9.17) is 9.47 Å². The van der Waals surface area contributed by atoms with Crippen LogP contribution in [0.4, 0.5) is 0 Å². The molecule has 30 heavy (non-hydrogen) atoms. The first-order valence-electron chi connectivity index (χ1n) is 10.7. The number of Topliss-reactive ketones (excluding diaryl/α,β-unsaturated/α-hetero) is 1. The number of ketones is 1. The van der Waals surface area contributed by atoms with Crippen molar-refractivity contribution in [2.75, 3.05) is 19.7 Å². The number of phenolic OH excluding ortho intramolecular Hbond substituents is 1. The Hall–Kier alpha value is -2.53. The minimum Gasteiger partial charge on any atom is -0.508 e. The van der Waals surface area contributed by atoms with Gasteiger partial charge in [-0.1, -0.05) is 39.0 Å². The number of nitrogens with one attached hydrogen (secondary N) is 1. The van der Waals surface area contributed by atoms with E-state index < -0.39 is 5.41 Å². The van der Waals surface area contributed by atoms with Crippen LogP contribution in [0.2, 0.25) is 0 Å². The molecule has 0 bridgehead atoms. The maximum absolute atomic E-state index is 12.3. The van der Waals surface area contributed by atoms with Crippen molar-refractivity contribution in [3.63, 3.8) is 0 Å². The van der Waals surface area contributed by atoms with Crippen molar-refractivity contribution in [2.24, 2.45) is 5.41 Å². The van der Waals surface area contributed by atoms with E-state index in [1.807, 2.05) is 51.1 Å². The molecule has 0 amide bonds. The number of hydrogen-bond acceptors (Lipinski definition) is 5. The minimum atomic E-state index is -0.426. The van der Waals surface area contributed by atoms with E-state index in [9.17, 15) is 9.90 Å². The van der Waals surface area contributed by atoms with Crippen LogP contribution in [0.15, 0.2) is 42.5 Å². The molecule has 1 saturated heterocycles. The topological polar surface area (TPSA) is 67.8 Å². The van der Waals surface area contributed by atoms with Crippen molar-refractivity contribution in [3.05, 3.63) is 53.6 Å². The molecule has 2 aromatic rings. The number of carbonyl (C=O) groups is 1. The highest BCUT2D eigenvalue weighted by Crippen LogP contribution is 2.48. The molecular formula is C25H31NO4. The Morgan fingerprint density at radius 1 is 1.20 bits per heavy atom. The van der Waals surface area contributed by atoms with Gasteiger partial charge in [-0.3, -0.25) is 4.79 Å². The van der Waals surface area contributed by atoms with Crippen molar-refractivity contribution in [1.29, 1.82) is 0 Å². The Morgan fingerprint density at radius 2 is 1.97 bits per heavy atom. The largest absolute Gasteiger partial charge is 0.508 e. The standard InChI is InChI=1S/C25H31NO4/c1-24(2,3)23(28)16-29-19-7-8-20-21(17-5-4-6-18(27)13-17)15-25(30-22(20)14-19)9-11-26-12-10-25/h4-8,13-14,21,26-27H,9-12,15-16H2,1-3H3. The lowest BCUT2D eigenvalue weighted by atomic mass is 9.75. The second-order valence-corrected chi connectivity index (χ2v) is 9.55. The van der Waals surface area contributed by atoms with Crippen LogP contribution in [0.3, 0.4) is 0 Å². The molecule has 1 unspecified atom stereocenters. The Balaban J connectivity index is 1.65. The molecule has 0 radical (unpaired) electrons. The number of rotatable bonds is 4. The molecule has 5 nitrogen and oxygen atoms in total. The van der Waals surface area contributed by atoms with Crippen molar-refractivity contribution in [1.82, 2.24) is 5.32 Å². The number of carbonyl (C=O) groups excluding carboxylic acids is 1. The molecule has 2 aliphatic rings. The third kappa shape index (κ3) is 4.31. The predicted octanol–water partition coefficient (Wildman–Crippen LogP) is 4.42. The second-order valence-electron chi connectivity index (χ2n) is 9.55. The van der Waals surface area contributed by atoms with Crippen LogP contribution < -0.4 is 14.8 Å². The maximum Gasteiger partial charge on any atom is 0.175 e. The average molecular weight is 410 g/mol. The zero-order chi connectivity index (χ0) is 21.4. The van der Waals surface area contributed by atoms with Crippen LogP contribution in [-0.2, 0) is 4.79 Å². The molecule has 5 heteroatoms. The number of ether oxygens (including phenoxy) is 2. The van der Waals surface area contributed by atoms with E-state index in [-0.39, 0.29) is 29.7 Å². The summed E-state index contributed by atoms with van der Waals surface area (Å²) in [4.78, 5) is 12.3. The first-order chi connectivity index (χ1) is 14.3. The SMILES string of the molecule is CC(C)(C)C(=O)COc1ccc2c(c1)OC1(CCNCC1)CC2c1cccc(O)c1. The quantitative estimate of drug-likeness (QED) is 0.782. The van der Waals surface area contributed by atoms with E-state index in [0.717, 1.165) is 49.2 Å². The molecule has 0 aromatic heterocycles. The fourth-order valence-electron chi connectivity index (χ4n) is 4.33. The Morgan fingerprint density at radius 3 is 2.67 bits per heavy atom. The number of fused-ring (bicyclic) bond motifs is 1. The third-order valence-electron chi connectivity index (χ3n) is 6.26. The number of benzene rings is 2. The van der Waals surface area contributed by atoms with Gasteiger partial charge in [0.25, 0.3) is 0 Å². The van der Waals surface area contributed by atoms with Gasteiger partial charge in [-0.05, 0) is 56.1 Å². The average Bonchev–Trinajstić information content (AvgIpc) is 2.71. The lowest BCUT2D eigenvalue weighted by Gasteiger charge is -2.45. The highest BCUT2D eigenvalue weighted by molar-refractivity contribution is 5.85. The highest BCUT2D eigenvalue weighted by atomic mass is 16.5. The summed E-state index contributed by atoms with van der Waals surface area (Å²) in [5.41, 5.74) is 1.53. The van der Waals surface area contributed by atoms with E-state index in [1.165, 1.54) is 0 Å². The van der Waals surface area contributed by atoms with Gasteiger partial charge in [-0.15, -0.1) is 0 Å². The summed E-state index contributed by atoms with van der Waals surface area (Å²) >= 11 is 0. The van der Waals surface area contributed by atoms with E-state index in [2.05, 4.69) is 11.4 Å². The van der Waals surface area contributed by atoms with Gasteiger partial charge in [0.1, 0.15) is 29.5 Å². The number of aromatic hydroxyl groups is 1. The minimum absolute atomic E-state index is 0.0489. The molecule has 2 heterocycles. The lowest BCUT2D eigenvalue weighted by Crippen LogP contribution is -2.49. The summed E-state index contributed by atoms with van der Waals surface area (Å²) < 4.78 is 12.4. The number of phenols is 1. The highest BCUT2D eigenvalue weighted by Gasteiger charge is 2.42. The second kappa shape index (κ2) is 7.95. The molecular weight excluding hydrogens is 378 g/mol. The van der Waals surface area contributed by atoms with Gasteiger partial charge in [0, 0.05) is 23.0 Å². The summed E-state index contributed by atoms with van der Waals surface area (Å²) in [6.45, 7) is 7.60. The summed E-state index contributed by atoms with van der Waals surface area (Å²) in [6.07, 6.45) is 2.76. The van der Waals surface area contributed by atoms with Crippen LogP contribution in [0, 0.1) is 5.41 Å². The van der Waals surface area contributed by atoms with Crippen molar-refractivity contribution in [2.45, 2.75) is 51.6 Å². The Bertz CT molecular complexity index is 925. The fourth-order valence-corrected chi connectivity index (χ4v) is 4.33. The molecule has 1 fully saturated rings. The van der Waals surface area contributed by atoms with Crippen LogP contribution in [0.1, 0.15) is 57.1 Å².